The Morgan fingerprint density at radius 3 is 2.12 bits per heavy atom. The number of nitrogens with one attached hydrogen (secondary N) is 1. The van der Waals surface area contributed by atoms with Crippen molar-refractivity contribution in [2.24, 2.45) is 0 Å². The molecule has 2 aromatic rings. The highest BCUT2D eigenvalue weighted by Gasteiger charge is 2.27. The van der Waals surface area contributed by atoms with E-state index in [-0.39, 0.29) is 30.8 Å². The molecular weight excluding hydrogens is 438 g/mol. The molecule has 0 aromatic heterocycles. The fourth-order valence-electron chi connectivity index (χ4n) is 3.48. The number of carbonyl (C=O) groups is 2. The highest BCUT2D eigenvalue weighted by atomic mass is 32.2. The Kier molecular flexibility index (Phi) is 9.46. The van der Waals surface area contributed by atoms with Crippen molar-refractivity contribution in [3.05, 3.63) is 65.7 Å². The van der Waals surface area contributed by atoms with E-state index >= 15 is 0 Å². The van der Waals surface area contributed by atoms with Crippen molar-refractivity contribution >= 4 is 27.5 Å². The van der Waals surface area contributed by atoms with Crippen LogP contribution in [-0.2, 0) is 26.2 Å². The first kappa shape index (κ1) is 26.4. The minimum absolute atomic E-state index is 0.0357. The summed E-state index contributed by atoms with van der Waals surface area (Å²) in [5, 5.41) is 2.86. The zero-order valence-electron chi connectivity index (χ0n) is 20.1. The molecule has 1 atom stereocenters. The largest absolute Gasteiger partial charge is 0.352 e. The number of sulfonamides is 1. The van der Waals surface area contributed by atoms with Crippen LogP contribution in [0.4, 0.5) is 5.69 Å². The van der Waals surface area contributed by atoms with Crippen LogP contribution >= 0.6 is 0 Å². The van der Waals surface area contributed by atoms with E-state index in [4.69, 9.17) is 0 Å². The predicted octanol–water partition coefficient (Wildman–Crippen LogP) is 3.48. The fourth-order valence-corrected chi connectivity index (χ4v) is 4.45. The first-order valence-electron chi connectivity index (χ1n) is 11.2. The summed E-state index contributed by atoms with van der Waals surface area (Å²) in [7, 11) is -3.50. The number of nitrogens with zero attached hydrogens (tertiary/aromatic N) is 2. The van der Waals surface area contributed by atoms with Gasteiger partial charge in [-0.15, -0.1) is 0 Å². The van der Waals surface area contributed by atoms with E-state index in [1.165, 1.54) is 4.31 Å². The van der Waals surface area contributed by atoms with Crippen LogP contribution in [0, 0.1) is 6.92 Å². The molecular formula is C25H35N3O4S. The van der Waals surface area contributed by atoms with Gasteiger partial charge >= 0.3 is 0 Å². The van der Waals surface area contributed by atoms with Gasteiger partial charge in [0.05, 0.1) is 11.9 Å². The molecule has 0 bridgehead atoms. The molecule has 0 radical (unpaired) electrons. The fraction of sp³-hybridized carbons (Fsp3) is 0.440. The Bertz CT molecular complexity index is 1020. The molecule has 180 valence electrons. The second-order valence-electron chi connectivity index (χ2n) is 8.62. The van der Waals surface area contributed by atoms with Crippen molar-refractivity contribution in [2.45, 2.75) is 59.2 Å². The predicted molar refractivity (Wildman–Crippen MR) is 132 cm³/mol. The van der Waals surface area contributed by atoms with Gasteiger partial charge in [0.25, 0.3) is 0 Å². The highest BCUT2D eigenvalue weighted by molar-refractivity contribution is 7.92. The van der Waals surface area contributed by atoms with E-state index < -0.39 is 16.1 Å². The summed E-state index contributed by atoms with van der Waals surface area (Å²) in [4.78, 5) is 27.4. The Morgan fingerprint density at radius 2 is 1.58 bits per heavy atom. The number of amides is 2. The van der Waals surface area contributed by atoms with Gasteiger partial charge in [0, 0.05) is 25.6 Å². The molecule has 0 saturated heterocycles. The lowest BCUT2D eigenvalue weighted by Gasteiger charge is -2.30. The Labute approximate surface area is 197 Å². The summed E-state index contributed by atoms with van der Waals surface area (Å²) in [6.07, 6.45) is 1.63. The molecule has 0 heterocycles. The topological polar surface area (TPSA) is 86.8 Å². The number of rotatable bonds is 11. The lowest BCUT2D eigenvalue weighted by molar-refractivity contribution is -0.140. The number of carbonyl (C=O) groups excluding carboxylic acids is 2. The summed E-state index contributed by atoms with van der Waals surface area (Å²) in [6.45, 7) is 7.88. The second-order valence-corrected chi connectivity index (χ2v) is 10.5. The molecule has 2 aromatic carbocycles. The van der Waals surface area contributed by atoms with Gasteiger partial charge in [-0.05, 0) is 51.8 Å². The van der Waals surface area contributed by atoms with Crippen LogP contribution in [0.2, 0.25) is 0 Å². The average molecular weight is 474 g/mol. The maximum atomic E-state index is 13.2. The van der Waals surface area contributed by atoms with E-state index in [1.54, 1.807) is 24.0 Å². The molecule has 0 fully saturated rings. The third-order valence-corrected chi connectivity index (χ3v) is 6.46. The second kappa shape index (κ2) is 11.8. The van der Waals surface area contributed by atoms with E-state index in [1.807, 2.05) is 63.2 Å². The minimum Gasteiger partial charge on any atom is -0.352 e. The maximum absolute atomic E-state index is 13.2. The lowest BCUT2D eigenvalue weighted by atomic mass is 10.1. The Hall–Kier alpha value is -2.87. The maximum Gasteiger partial charge on any atom is 0.242 e. The van der Waals surface area contributed by atoms with Crippen LogP contribution < -0.4 is 9.62 Å². The molecule has 0 spiro atoms. The van der Waals surface area contributed by atoms with E-state index in [0.717, 1.165) is 17.4 Å². The van der Waals surface area contributed by atoms with Crippen molar-refractivity contribution in [1.82, 2.24) is 10.2 Å². The van der Waals surface area contributed by atoms with E-state index in [9.17, 15) is 18.0 Å². The van der Waals surface area contributed by atoms with Gasteiger partial charge in [0.1, 0.15) is 6.04 Å². The van der Waals surface area contributed by atoms with Crippen LogP contribution in [0.1, 0.15) is 44.7 Å². The highest BCUT2D eigenvalue weighted by Crippen LogP contribution is 2.19. The Morgan fingerprint density at radius 1 is 0.970 bits per heavy atom. The van der Waals surface area contributed by atoms with Crippen molar-refractivity contribution < 1.29 is 18.0 Å². The zero-order chi connectivity index (χ0) is 24.6. The third kappa shape index (κ3) is 8.20. The van der Waals surface area contributed by atoms with Crippen LogP contribution in [0.5, 0.6) is 0 Å². The molecule has 0 aliphatic carbocycles. The molecule has 8 heteroatoms. The monoisotopic (exact) mass is 473 g/mol. The number of benzene rings is 2. The van der Waals surface area contributed by atoms with Crippen molar-refractivity contribution in [3.8, 4) is 0 Å². The van der Waals surface area contributed by atoms with Gasteiger partial charge in [0.15, 0.2) is 0 Å². The SMILES string of the molecule is Cc1ccc(N(CCCC(=O)N(Cc2ccccc2)[C@@H](C)C(=O)NC(C)C)S(C)(=O)=O)cc1. The third-order valence-electron chi connectivity index (χ3n) is 5.27. The summed E-state index contributed by atoms with van der Waals surface area (Å²) in [5.41, 5.74) is 2.53. The number of anilines is 1. The molecule has 7 nitrogen and oxygen atoms in total. The van der Waals surface area contributed by atoms with Crippen LogP contribution in [0.15, 0.2) is 54.6 Å². The van der Waals surface area contributed by atoms with Gasteiger partial charge < -0.3 is 10.2 Å². The standard InChI is InChI=1S/C25H35N3O4S/c1-19(2)26-25(30)21(4)27(18-22-10-7-6-8-11-22)24(29)12-9-17-28(33(5,31)32)23-15-13-20(3)14-16-23/h6-8,10-11,13-16,19,21H,9,12,17-18H2,1-5H3,(H,26,30)/t21-/m0/s1. The molecule has 2 amide bonds. The van der Waals surface area contributed by atoms with Crippen LogP contribution in [0.25, 0.3) is 0 Å². The van der Waals surface area contributed by atoms with Crippen molar-refractivity contribution in [1.29, 1.82) is 0 Å². The first-order chi connectivity index (χ1) is 15.5. The molecule has 1 N–H and O–H groups in total. The summed E-state index contributed by atoms with van der Waals surface area (Å²) < 4.78 is 26.0. The smallest absolute Gasteiger partial charge is 0.242 e. The lowest BCUT2D eigenvalue weighted by Crippen LogP contribution is -2.49. The molecule has 33 heavy (non-hydrogen) atoms. The van der Waals surface area contributed by atoms with Gasteiger partial charge in [-0.2, -0.15) is 0 Å². The number of hydrogen-bond donors (Lipinski definition) is 1. The molecule has 0 aliphatic heterocycles. The first-order valence-corrected chi connectivity index (χ1v) is 13.0. The minimum atomic E-state index is -3.50. The van der Waals surface area contributed by atoms with Gasteiger partial charge in [-0.1, -0.05) is 48.0 Å². The number of hydrogen-bond acceptors (Lipinski definition) is 4. The average Bonchev–Trinajstić information content (AvgIpc) is 2.74. The molecule has 0 aliphatic rings. The summed E-state index contributed by atoms with van der Waals surface area (Å²) in [6, 6.07) is 16.1. The zero-order valence-corrected chi connectivity index (χ0v) is 20.9. The normalized spacial score (nSPS) is 12.3. The molecule has 0 unspecified atom stereocenters. The van der Waals surface area contributed by atoms with Crippen molar-refractivity contribution in [3.63, 3.8) is 0 Å². The number of aryl methyl sites for hydroxylation is 1. The van der Waals surface area contributed by atoms with Gasteiger partial charge in [-0.3, -0.25) is 13.9 Å². The van der Waals surface area contributed by atoms with Crippen molar-refractivity contribution in [2.75, 3.05) is 17.1 Å². The van der Waals surface area contributed by atoms with Gasteiger partial charge in [-0.25, -0.2) is 8.42 Å². The molecule has 0 saturated carbocycles. The quantitative estimate of drug-likeness (QED) is 0.541. The molecule has 2 rings (SSSR count). The van der Waals surface area contributed by atoms with E-state index in [2.05, 4.69) is 5.32 Å². The Balaban J connectivity index is 2.13. The van der Waals surface area contributed by atoms with Crippen LogP contribution in [0.3, 0.4) is 0 Å². The van der Waals surface area contributed by atoms with Crippen LogP contribution in [-0.4, -0.2) is 50.0 Å². The van der Waals surface area contributed by atoms with E-state index in [0.29, 0.717) is 18.7 Å². The van der Waals surface area contributed by atoms with Gasteiger partial charge in [0.2, 0.25) is 21.8 Å². The summed E-state index contributed by atoms with van der Waals surface area (Å²) in [5.74, 6) is -0.408. The summed E-state index contributed by atoms with van der Waals surface area (Å²) >= 11 is 0.